The van der Waals surface area contributed by atoms with Crippen LogP contribution >= 0.6 is 0 Å². The molecule has 1 amide bonds. The van der Waals surface area contributed by atoms with Gasteiger partial charge in [0.2, 0.25) is 5.91 Å². The van der Waals surface area contributed by atoms with Crippen LogP contribution in [-0.2, 0) is 9.59 Å². The molecule has 2 rings (SSSR count). The lowest BCUT2D eigenvalue weighted by Gasteiger charge is -2.27. The van der Waals surface area contributed by atoms with Crippen LogP contribution in [0.4, 0.5) is 0 Å². The first-order valence-corrected chi connectivity index (χ1v) is 4.65. The Balaban J connectivity index is 1.87. The van der Waals surface area contributed by atoms with Crippen LogP contribution in [0.5, 0.6) is 0 Å². The summed E-state index contributed by atoms with van der Waals surface area (Å²) < 4.78 is 0. The number of aliphatic hydroxyl groups is 1. The number of ketones is 1. The number of aliphatic hydroxyl groups excluding tert-OH is 1. The Morgan fingerprint density at radius 2 is 2.15 bits per heavy atom. The molecule has 1 saturated carbocycles. The molecule has 1 atom stereocenters. The van der Waals surface area contributed by atoms with Crippen LogP contribution in [0, 0.1) is 5.92 Å². The van der Waals surface area contributed by atoms with E-state index in [4.69, 9.17) is 0 Å². The topological polar surface area (TPSA) is 57.6 Å². The fourth-order valence-corrected chi connectivity index (χ4v) is 1.86. The molecule has 0 aromatic carbocycles. The molecule has 1 heterocycles. The Kier molecular flexibility index (Phi) is 2.07. The molecule has 4 nitrogen and oxygen atoms in total. The van der Waals surface area contributed by atoms with E-state index in [1.54, 1.807) is 4.90 Å². The maximum atomic E-state index is 11.6. The molecule has 2 fully saturated rings. The summed E-state index contributed by atoms with van der Waals surface area (Å²) in [6.07, 6.45) is 1.13. The van der Waals surface area contributed by atoms with Gasteiger partial charge in [-0.15, -0.1) is 0 Å². The van der Waals surface area contributed by atoms with Gasteiger partial charge in [-0.05, 0) is 6.42 Å². The SMILES string of the molecule is O=C1CC(C(=O)N2CC[C@H](O)C2)C1. The monoisotopic (exact) mass is 183 g/mol. The van der Waals surface area contributed by atoms with Crippen LogP contribution < -0.4 is 0 Å². The molecule has 1 N–H and O–H groups in total. The highest BCUT2D eigenvalue weighted by molar-refractivity contribution is 5.96. The zero-order chi connectivity index (χ0) is 9.42. The van der Waals surface area contributed by atoms with Gasteiger partial charge in [0.25, 0.3) is 0 Å². The van der Waals surface area contributed by atoms with E-state index in [1.807, 2.05) is 0 Å². The van der Waals surface area contributed by atoms with Crippen molar-refractivity contribution in [1.82, 2.24) is 4.90 Å². The summed E-state index contributed by atoms with van der Waals surface area (Å²) in [5, 5.41) is 9.21. The van der Waals surface area contributed by atoms with Crippen molar-refractivity contribution in [3.63, 3.8) is 0 Å². The predicted octanol–water partition coefficient (Wildman–Crippen LogP) is -0.441. The van der Waals surface area contributed by atoms with Crippen LogP contribution in [0.15, 0.2) is 0 Å². The lowest BCUT2D eigenvalue weighted by molar-refractivity contribution is -0.144. The van der Waals surface area contributed by atoms with Gasteiger partial charge >= 0.3 is 0 Å². The summed E-state index contributed by atoms with van der Waals surface area (Å²) in [5.41, 5.74) is 0. The quantitative estimate of drug-likeness (QED) is 0.599. The minimum atomic E-state index is -0.361. The second-order valence-corrected chi connectivity index (χ2v) is 3.87. The van der Waals surface area contributed by atoms with Crippen LogP contribution in [0.3, 0.4) is 0 Å². The van der Waals surface area contributed by atoms with E-state index < -0.39 is 0 Å². The fraction of sp³-hybridized carbons (Fsp3) is 0.778. The Bertz CT molecular complexity index is 243. The van der Waals surface area contributed by atoms with E-state index in [1.165, 1.54) is 0 Å². The molecule has 1 aliphatic heterocycles. The van der Waals surface area contributed by atoms with E-state index in [2.05, 4.69) is 0 Å². The van der Waals surface area contributed by atoms with Gasteiger partial charge < -0.3 is 10.0 Å². The number of carbonyl (C=O) groups excluding carboxylic acids is 2. The maximum Gasteiger partial charge on any atom is 0.226 e. The summed E-state index contributed by atoms with van der Waals surface area (Å²) in [4.78, 5) is 23.9. The van der Waals surface area contributed by atoms with E-state index in [0.717, 1.165) is 0 Å². The molecule has 1 saturated heterocycles. The number of amides is 1. The average Bonchev–Trinajstić information content (AvgIpc) is 2.45. The predicted molar refractivity (Wildman–Crippen MR) is 44.9 cm³/mol. The van der Waals surface area contributed by atoms with Crippen molar-refractivity contribution in [3.8, 4) is 0 Å². The molecule has 0 spiro atoms. The van der Waals surface area contributed by atoms with Crippen molar-refractivity contribution < 1.29 is 14.7 Å². The van der Waals surface area contributed by atoms with E-state index in [9.17, 15) is 14.7 Å². The van der Waals surface area contributed by atoms with Crippen molar-refractivity contribution in [3.05, 3.63) is 0 Å². The van der Waals surface area contributed by atoms with Crippen LogP contribution in [-0.4, -0.2) is 40.9 Å². The summed E-state index contributed by atoms with van der Waals surface area (Å²) in [6.45, 7) is 1.09. The third-order valence-corrected chi connectivity index (χ3v) is 2.77. The van der Waals surface area contributed by atoms with Gasteiger partial charge in [0.1, 0.15) is 5.78 Å². The Morgan fingerprint density at radius 3 is 2.62 bits per heavy atom. The van der Waals surface area contributed by atoms with Crippen LogP contribution in [0.25, 0.3) is 0 Å². The Morgan fingerprint density at radius 1 is 1.46 bits per heavy atom. The number of rotatable bonds is 1. The number of nitrogens with zero attached hydrogens (tertiary/aromatic N) is 1. The lowest BCUT2D eigenvalue weighted by atomic mass is 9.83. The molecular formula is C9H13NO3. The van der Waals surface area contributed by atoms with Crippen LogP contribution in [0.1, 0.15) is 19.3 Å². The first kappa shape index (κ1) is 8.69. The van der Waals surface area contributed by atoms with Crippen molar-refractivity contribution in [2.75, 3.05) is 13.1 Å². The molecule has 0 bridgehead atoms. The molecule has 1 aliphatic carbocycles. The molecule has 2 aliphatic rings. The highest BCUT2D eigenvalue weighted by atomic mass is 16.3. The molecular weight excluding hydrogens is 170 g/mol. The van der Waals surface area contributed by atoms with E-state index in [0.29, 0.717) is 32.4 Å². The van der Waals surface area contributed by atoms with Crippen molar-refractivity contribution in [1.29, 1.82) is 0 Å². The van der Waals surface area contributed by atoms with Crippen LogP contribution in [0.2, 0.25) is 0 Å². The van der Waals surface area contributed by atoms with Gasteiger partial charge in [-0.25, -0.2) is 0 Å². The molecule has 4 heteroatoms. The van der Waals surface area contributed by atoms with Crippen molar-refractivity contribution in [2.24, 2.45) is 5.92 Å². The second kappa shape index (κ2) is 3.10. The number of hydrogen-bond acceptors (Lipinski definition) is 3. The minimum Gasteiger partial charge on any atom is -0.391 e. The molecule has 13 heavy (non-hydrogen) atoms. The van der Waals surface area contributed by atoms with Gasteiger partial charge in [0.15, 0.2) is 0 Å². The number of Topliss-reactive ketones (excluding diaryl/α,β-unsaturated/α-hetero) is 1. The minimum absolute atomic E-state index is 0.0520. The number of likely N-dealkylation sites (tertiary alicyclic amines) is 1. The van der Waals surface area contributed by atoms with Crippen molar-refractivity contribution in [2.45, 2.75) is 25.4 Å². The smallest absolute Gasteiger partial charge is 0.226 e. The largest absolute Gasteiger partial charge is 0.391 e. The fourth-order valence-electron chi connectivity index (χ4n) is 1.86. The number of carbonyl (C=O) groups is 2. The highest BCUT2D eigenvalue weighted by Gasteiger charge is 2.37. The molecule has 0 aromatic rings. The maximum absolute atomic E-state index is 11.6. The third kappa shape index (κ3) is 1.58. The summed E-state index contributed by atoms with van der Waals surface area (Å²) in [7, 11) is 0. The average molecular weight is 183 g/mol. The van der Waals surface area contributed by atoms with Gasteiger partial charge in [0, 0.05) is 25.9 Å². The molecule has 0 aromatic heterocycles. The van der Waals surface area contributed by atoms with Gasteiger partial charge in [-0.3, -0.25) is 9.59 Å². The first-order chi connectivity index (χ1) is 6.16. The zero-order valence-electron chi connectivity index (χ0n) is 7.40. The van der Waals surface area contributed by atoms with Crippen molar-refractivity contribution >= 4 is 11.7 Å². The number of β-amino-alcohol motifs (C(OH)–C–C–N with tert-alkyl or cyclic N) is 1. The van der Waals surface area contributed by atoms with Gasteiger partial charge in [0.05, 0.1) is 12.0 Å². The summed E-state index contributed by atoms with van der Waals surface area (Å²) >= 11 is 0. The summed E-state index contributed by atoms with van der Waals surface area (Å²) in [5.74, 6) is 0.145. The molecule has 72 valence electrons. The van der Waals surface area contributed by atoms with E-state index in [-0.39, 0.29) is 23.7 Å². The molecule has 0 unspecified atom stereocenters. The van der Waals surface area contributed by atoms with Gasteiger partial charge in [-0.2, -0.15) is 0 Å². The third-order valence-electron chi connectivity index (χ3n) is 2.77. The van der Waals surface area contributed by atoms with Gasteiger partial charge in [-0.1, -0.05) is 0 Å². The highest BCUT2D eigenvalue weighted by Crippen LogP contribution is 2.26. The normalized spacial score (nSPS) is 29.2. The zero-order valence-corrected chi connectivity index (χ0v) is 7.40. The first-order valence-electron chi connectivity index (χ1n) is 4.65. The lowest BCUT2D eigenvalue weighted by Crippen LogP contribution is -2.41. The molecule has 0 radical (unpaired) electrons. The standard InChI is InChI=1S/C9H13NO3/c11-7-1-2-10(5-7)9(13)6-3-8(12)4-6/h6-7,11H,1-5H2/t7-/m0/s1. The Labute approximate surface area is 76.5 Å². The van der Waals surface area contributed by atoms with E-state index >= 15 is 0 Å². The second-order valence-electron chi connectivity index (χ2n) is 3.87. The Hall–Kier alpha value is -0.900. The number of hydrogen-bond donors (Lipinski definition) is 1. The summed E-state index contributed by atoms with van der Waals surface area (Å²) in [6, 6.07) is 0.